The molecule has 2 atom stereocenters. The summed E-state index contributed by atoms with van der Waals surface area (Å²) < 4.78 is 5.27. The Hall–Kier alpha value is -0.810. The van der Waals surface area contributed by atoms with Crippen LogP contribution < -0.4 is 11.1 Å². The molecule has 1 aromatic carbocycles. The zero-order valence-electron chi connectivity index (χ0n) is 11.3. The molecule has 6 heteroatoms. The molecule has 20 heavy (non-hydrogen) atoms. The number of ether oxygens (including phenoxy) is 1. The van der Waals surface area contributed by atoms with E-state index in [9.17, 15) is 4.79 Å². The third-order valence-corrected chi connectivity index (χ3v) is 4.32. The van der Waals surface area contributed by atoms with E-state index in [1.165, 1.54) is 0 Å². The van der Waals surface area contributed by atoms with Crippen molar-refractivity contribution in [3.63, 3.8) is 0 Å². The van der Waals surface area contributed by atoms with Crippen LogP contribution >= 0.6 is 23.2 Å². The van der Waals surface area contributed by atoms with E-state index < -0.39 is 5.41 Å². The highest BCUT2D eigenvalue weighted by Crippen LogP contribution is 2.27. The zero-order valence-corrected chi connectivity index (χ0v) is 12.8. The summed E-state index contributed by atoms with van der Waals surface area (Å²) in [6.45, 7) is 3.12. The molecule has 0 bridgehead atoms. The fraction of sp³-hybridized carbons (Fsp3) is 0.500. The second kappa shape index (κ2) is 6.31. The standard InChI is InChI=1S/C14H18Cl2N2O2/c1-14(8-20-7-12(14)17)13(19)18-5-4-9-2-3-10(15)6-11(9)16/h2-3,6,12H,4-5,7-8,17H2,1H3,(H,18,19). The fourth-order valence-electron chi connectivity index (χ4n) is 2.16. The summed E-state index contributed by atoms with van der Waals surface area (Å²) >= 11 is 11.9. The van der Waals surface area contributed by atoms with Gasteiger partial charge in [0.05, 0.1) is 18.6 Å². The van der Waals surface area contributed by atoms with Gasteiger partial charge in [0.1, 0.15) is 0 Å². The van der Waals surface area contributed by atoms with Gasteiger partial charge >= 0.3 is 0 Å². The Kier molecular flexibility index (Phi) is 4.91. The maximum Gasteiger partial charge on any atom is 0.229 e. The van der Waals surface area contributed by atoms with Crippen molar-refractivity contribution in [2.75, 3.05) is 19.8 Å². The van der Waals surface area contributed by atoms with Gasteiger partial charge in [-0.15, -0.1) is 0 Å². The van der Waals surface area contributed by atoms with Crippen molar-refractivity contribution in [3.05, 3.63) is 33.8 Å². The summed E-state index contributed by atoms with van der Waals surface area (Å²) in [6, 6.07) is 5.08. The van der Waals surface area contributed by atoms with Gasteiger partial charge in [0.15, 0.2) is 0 Å². The lowest BCUT2D eigenvalue weighted by molar-refractivity contribution is -0.130. The normalized spacial score (nSPS) is 25.7. The Morgan fingerprint density at radius 2 is 2.30 bits per heavy atom. The Bertz CT molecular complexity index is 510. The molecular formula is C14H18Cl2N2O2. The molecule has 3 N–H and O–H groups in total. The van der Waals surface area contributed by atoms with Crippen molar-refractivity contribution < 1.29 is 9.53 Å². The van der Waals surface area contributed by atoms with E-state index in [4.69, 9.17) is 33.7 Å². The molecule has 2 rings (SSSR count). The van der Waals surface area contributed by atoms with Crippen molar-refractivity contribution in [1.29, 1.82) is 0 Å². The number of rotatable bonds is 4. The lowest BCUT2D eigenvalue weighted by Gasteiger charge is -2.25. The maximum absolute atomic E-state index is 12.2. The molecule has 4 nitrogen and oxygen atoms in total. The van der Waals surface area contributed by atoms with Gasteiger partial charge in [-0.1, -0.05) is 29.3 Å². The predicted octanol–water partition coefficient (Wildman–Crippen LogP) is 2.02. The molecule has 0 spiro atoms. The lowest BCUT2D eigenvalue weighted by atomic mass is 9.85. The maximum atomic E-state index is 12.2. The van der Waals surface area contributed by atoms with Crippen LogP contribution in [0.1, 0.15) is 12.5 Å². The summed E-state index contributed by atoms with van der Waals surface area (Å²) in [4.78, 5) is 12.2. The van der Waals surface area contributed by atoms with Crippen molar-refractivity contribution in [1.82, 2.24) is 5.32 Å². The highest BCUT2D eigenvalue weighted by atomic mass is 35.5. The first-order chi connectivity index (χ1) is 9.43. The topological polar surface area (TPSA) is 64.3 Å². The number of hydrogen-bond acceptors (Lipinski definition) is 3. The van der Waals surface area contributed by atoms with Crippen LogP contribution in [0.2, 0.25) is 10.0 Å². The second-order valence-corrected chi connectivity index (χ2v) is 6.12. The first-order valence-corrected chi connectivity index (χ1v) is 7.24. The van der Waals surface area contributed by atoms with Gasteiger partial charge in [0.2, 0.25) is 5.91 Å². The van der Waals surface area contributed by atoms with E-state index in [1.54, 1.807) is 12.1 Å². The molecule has 0 radical (unpaired) electrons. The van der Waals surface area contributed by atoms with Gasteiger partial charge in [-0.3, -0.25) is 4.79 Å². The average Bonchev–Trinajstić information content (AvgIpc) is 2.73. The van der Waals surface area contributed by atoms with Crippen LogP contribution in [0.3, 0.4) is 0 Å². The van der Waals surface area contributed by atoms with E-state index in [1.807, 2.05) is 13.0 Å². The molecule has 110 valence electrons. The SMILES string of the molecule is CC1(C(=O)NCCc2ccc(Cl)cc2Cl)COCC1N. The fourth-order valence-corrected chi connectivity index (χ4v) is 2.66. The van der Waals surface area contributed by atoms with Crippen LogP contribution in [0.25, 0.3) is 0 Å². The number of hydrogen-bond donors (Lipinski definition) is 2. The van der Waals surface area contributed by atoms with Crippen molar-refractivity contribution in [2.24, 2.45) is 11.1 Å². The molecule has 1 aliphatic rings. The third kappa shape index (κ3) is 3.26. The van der Waals surface area contributed by atoms with Gasteiger partial charge in [0, 0.05) is 22.6 Å². The first kappa shape index (κ1) is 15.6. The first-order valence-electron chi connectivity index (χ1n) is 6.49. The average molecular weight is 317 g/mol. The Morgan fingerprint density at radius 1 is 1.55 bits per heavy atom. The van der Waals surface area contributed by atoms with Crippen LogP contribution in [0, 0.1) is 5.41 Å². The van der Waals surface area contributed by atoms with Crippen molar-refractivity contribution in [2.45, 2.75) is 19.4 Å². The lowest BCUT2D eigenvalue weighted by Crippen LogP contribution is -2.50. The van der Waals surface area contributed by atoms with Crippen molar-refractivity contribution >= 4 is 29.1 Å². The molecule has 1 fully saturated rings. The predicted molar refractivity (Wildman–Crippen MR) is 80.1 cm³/mol. The van der Waals surface area contributed by atoms with E-state index in [0.717, 1.165) is 5.56 Å². The minimum absolute atomic E-state index is 0.0763. The van der Waals surface area contributed by atoms with Crippen LogP contribution in [-0.4, -0.2) is 31.7 Å². The highest BCUT2D eigenvalue weighted by molar-refractivity contribution is 6.35. The number of benzene rings is 1. The number of amides is 1. The second-order valence-electron chi connectivity index (χ2n) is 5.28. The van der Waals surface area contributed by atoms with Crippen LogP contribution in [0.4, 0.5) is 0 Å². The summed E-state index contributed by atoms with van der Waals surface area (Å²) in [6.07, 6.45) is 0.647. The Labute approximate surface area is 128 Å². The minimum Gasteiger partial charge on any atom is -0.379 e. The monoisotopic (exact) mass is 316 g/mol. The van der Waals surface area contributed by atoms with Crippen molar-refractivity contribution in [3.8, 4) is 0 Å². The van der Waals surface area contributed by atoms with Gasteiger partial charge < -0.3 is 15.8 Å². The number of nitrogens with one attached hydrogen (secondary N) is 1. The number of carbonyl (C=O) groups excluding carboxylic acids is 1. The number of carbonyl (C=O) groups is 1. The van der Waals surface area contributed by atoms with Crippen LogP contribution in [-0.2, 0) is 16.0 Å². The molecule has 1 aromatic rings. The molecule has 0 aliphatic carbocycles. The summed E-state index contributed by atoms with van der Waals surface area (Å²) in [5.74, 6) is -0.0763. The highest BCUT2D eigenvalue weighted by Gasteiger charge is 2.44. The van der Waals surface area contributed by atoms with E-state index in [-0.39, 0.29) is 11.9 Å². The largest absolute Gasteiger partial charge is 0.379 e. The van der Waals surface area contributed by atoms with E-state index >= 15 is 0 Å². The number of nitrogens with two attached hydrogens (primary N) is 1. The van der Waals surface area contributed by atoms with Gasteiger partial charge in [-0.2, -0.15) is 0 Å². The third-order valence-electron chi connectivity index (χ3n) is 3.73. The van der Waals surface area contributed by atoms with E-state index in [0.29, 0.717) is 36.2 Å². The molecule has 0 saturated carbocycles. The molecule has 1 saturated heterocycles. The Balaban J connectivity index is 1.88. The smallest absolute Gasteiger partial charge is 0.229 e. The summed E-state index contributed by atoms with van der Waals surface area (Å²) in [5, 5.41) is 4.11. The molecule has 1 aliphatic heterocycles. The minimum atomic E-state index is -0.649. The molecular weight excluding hydrogens is 299 g/mol. The summed E-state index contributed by atoms with van der Waals surface area (Å²) in [5.41, 5.74) is 6.22. The quantitative estimate of drug-likeness (QED) is 0.893. The molecule has 1 amide bonds. The van der Waals surface area contributed by atoms with Gasteiger partial charge in [-0.05, 0) is 31.0 Å². The summed E-state index contributed by atoms with van der Waals surface area (Å²) in [7, 11) is 0. The molecule has 0 aromatic heterocycles. The van der Waals surface area contributed by atoms with Crippen LogP contribution in [0.5, 0.6) is 0 Å². The Morgan fingerprint density at radius 3 is 2.90 bits per heavy atom. The zero-order chi connectivity index (χ0) is 14.8. The van der Waals surface area contributed by atoms with Crippen LogP contribution in [0.15, 0.2) is 18.2 Å². The number of halogens is 2. The van der Waals surface area contributed by atoms with Gasteiger partial charge in [0.25, 0.3) is 0 Å². The molecule has 2 unspecified atom stereocenters. The van der Waals surface area contributed by atoms with Gasteiger partial charge in [-0.25, -0.2) is 0 Å². The molecule has 1 heterocycles. The van der Waals surface area contributed by atoms with E-state index in [2.05, 4.69) is 5.32 Å².